The molecule has 0 bridgehead atoms. The van der Waals surface area contributed by atoms with E-state index in [-0.39, 0.29) is 78.8 Å². The van der Waals surface area contributed by atoms with E-state index >= 15 is 0 Å². The summed E-state index contributed by atoms with van der Waals surface area (Å²) in [7, 11) is -4.59. The molecular weight excluding hydrogens is 427 g/mol. The minimum absolute atomic E-state index is 0. The van der Waals surface area contributed by atoms with Crippen LogP contribution in [-0.2, 0) is 11.1 Å². The Morgan fingerprint density at radius 2 is 1.80 bits per heavy atom. The zero-order valence-electron chi connectivity index (χ0n) is 17.3. The minimum Gasteiger partial charge on any atom is -0.811 e. The molecule has 0 aliphatic rings. The molecule has 0 atom stereocenters. The van der Waals surface area contributed by atoms with Gasteiger partial charge in [0.2, 0.25) is 0 Å². The van der Waals surface area contributed by atoms with Crippen molar-refractivity contribution in [3.05, 3.63) is 42.9 Å². The second kappa shape index (κ2) is 12.7. The second-order valence-corrected chi connectivity index (χ2v) is 8.13. The van der Waals surface area contributed by atoms with E-state index in [2.05, 4.69) is 9.97 Å². The molecule has 0 aliphatic heterocycles. The smallest absolute Gasteiger partial charge is 0.811 e. The molecule has 0 unspecified atom stereocenters. The quantitative estimate of drug-likeness (QED) is 0.243. The molecule has 0 radical (unpaired) electrons. The molecule has 0 fully saturated rings. The molecular formula is C18H22N5Na2O4P. The first-order chi connectivity index (χ1) is 13.4. The predicted molar refractivity (Wildman–Crippen MR) is 103 cm³/mol. The van der Waals surface area contributed by atoms with Crippen LogP contribution in [0.4, 0.5) is 5.82 Å². The van der Waals surface area contributed by atoms with Gasteiger partial charge in [-0.15, -0.1) is 0 Å². The number of anilines is 1. The normalized spacial score (nSPS) is 11.3. The van der Waals surface area contributed by atoms with Crippen LogP contribution in [0.3, 0.4) is 0 Å². The van der Waals surface area contributed by atoms with Crippen LogP contribution in [0.5, 0.6) is 0 Å². The Labute approximate surface area is 219 Å². The van der Waals surface area contributed by atoms with Gasteiger partial charge in [-0.05, 0) is 11.7 Å². The van der Waals surface area contributed by atoms with Crippen LogP contribution in [-0.4, -0.2) is 56.9 Å². The summed E-state index contributed by atoms with van der Waals surface area (Å²) in [5.41, 5.74) is 8.67. The summed E-state index contributed by atoms with van der Waals surface area (Å²) in [4.78, 5) is 32.1. The predicted octanol–water partition coefficient (Wildman–Crippen LogP) is -6.10. The van der Waals surface area contributed by atoms with Crippen molar-refractivity contribution in [3.63, 3.8) is 0 Å². The number of nitrogen functional groups attached to an aromatic ring is 1. The van der Waals surface area contributed by atoms with Gasteiger partial charge >= 0.3 is 59.1 Å². The number of aliphatic hydroxyl groups excluding tert-OH is 1. The summed E-state index contributed by atoms with van der Waals surface area (Å²) in [6.45, 7) is 1.16. The van der Waals surface area contributed by atoms with Crippen molar-refractivity contribution in [2.75, 3.05) is 38.1 Å². The van der Waals surface area contributed by atoms with Gasteiger partial charge < -0.3 is 29.8 Å². The third-order valence-electron chi connectivity index (χ3n) is 4.53. The standard InChI is InChI=1S/C18H24N5O4P.2Na/c19-17-16-15(14-4-2-1-3-5-14)12-23(18(16)21-13-20-17)7-6-22(8-10-24)9-11-28(25,26)27;;/h1-5,12-13,24H,6-11H2,(H2,19,20,21)(H2,25,26,27);;/q;2*+1/p-2. The molecule has 3 rings (SSSR count). The molecule has 1 aromatic carbocycles. The summed E-state index contributed by atoms with van der Waals surface area (Å²) < 4.78 is 12.9. The number of aliphatic hydroxyl groups is 1. The summed E-state index contributed by atoms with van der Waals surface area (Å²) in [6.07, 6.45) is 2.87. The third-order valence-corrected chi connectivity index (χ3v) is 5.28. The van der Waals surface area contributed by atoms with Crippen molar-refractivity contribution in [2.24, 2.45) is 0 Å². The number of hydrogen-bond donors (Lipinski definition) is 2. The number of nitrogens with zero attached hydrogens (tertiary/aromatic N) is 4. The van der Waals surface area contributed by atoms with E-state index in [1.165, 1.54) is 6.33 Å². The zero-order chi connectivity index (χ0) is 20.1. The maximum atomic E-state index is 10.9. The van der Waals surface area contributed by atoms with Gasteiger partial charge in [0.05, 0.1) is 12.0 Å². The third kappa shape index (κ3) is 7.39. The van der Waals surface area contributed by atoms with Crippen LogP contribution in [0.1, 0.15) is 0 Å². The molecule has 30 heavy (non-hydrogen) atoms. The van der Waals surface area contributed by atoms with Crippen molar-refractivity contribution >= 4 is 24.4 Å². The van der Waals surface area contributed by atoms with Crippen LogP contribution in [0, 0.1) is 0 Å². The monoisotopic (exact) mass is 449 g/mol. The van der Waals surface area contributed by atoms with E-state index < -0.39 is 13.8 Å². The maximum Gasteiger partial charge on any atom is 1.00 e. The topological polar surface area (TPSA) is 143 Å². The fraction of sp³-hybridized carbons (Fsp3) is 0.333. The van der Waals surface area contributed by atoms with E-state index in [9.17, 15) is 19.5 Å². The molecule has 0 amide bonds. The van der Waals surface area contributed by atoms with Gasteiger partial charge in [0.15, 0.2) is 0 Å². The summed E-state index contributed by atoms with van der Waals surface area (Å²) in [5, 5.41) is 9.97. The number of aromatic nitrogens is 3. The van der Waals surface area contributed by atoms with Crippen molar-refractivity contribution in [1.82, 2.24) is 19.4 Å². The average Bonchev–Trinajstić information content (AvgIpc) is 3.04. The summed E-state index contributed by atoms with van der Waals surface area (Å²) >= 11 is 0. The van der Waals surface area contributed by atoms with Crippen LogP contribution < -0.4 is 74.6 Å². The van der Waals surface area contributed by atoms with E-state index in [1.807, 2.05) is 41.1 Å². The van der Waals surface area contributed by atoms with E-state index in [0.29, 0.717) is 24.6 Å². The maximum absolute atomic E-state index is 10.9. The van der Waals surface area contributed by atoms with E-state index in [4.69, 9.17) is 5.73 Å². The molecule has 2 heterocycles. The Balaban J connectivity index is 0.00000225. The molecule has 3 aromatic rings. The number of nitrogens with two attached hydrogens (primary N) is 1. The minimum atomic E-state index is -4.59. The van der Waals surface area contributed by atoms with Crippen LogP contribution in [0.25, 0.3) is 22.2 Å². The molecule has 0 spiro atoms. The Bertz CT molecular complexity index is 983. The van der Waals surface area contributed by atoms with Gasteiger partial charge in [-0.1, -0.05) is 37.9 Å². The molecule has 0 saturated heterocycles. The van der Waals surface area contributed by atoms with Gasteiger partial charge in [0.1, 0.15) is 17.8 Å². The van der Waals surface area contributed by atoms with Gasteiger partial charge in [-0.25, -0.2) is 9.97 Å². The number of rotatable bonds is 9. The molecule has 0 aliphatic carbocycles. The molecule has 2 aromatic heterocycles. The summed E-state index contributed by atoms with van der Waals surface area (Å²) in [5.74, 6) is 0.383. The zero-order valence-corrected chi connectivity index (χ0v) is 22.2. The van der Waals surface area contributed by atoms with Gasteiger partial charge in [-0.3, -0.25) is 4.90 Å². The fourth-order valence-corrected chi connectivity index (χ4v) is 3.67. The average molecular weight is 449 g/mol. The fourth-order valence-electron chi connectivity index (χ4n) is 3.14. The first-order valence-electron chi connectivity index (χ1n) is 8.88. The molecule has 9 nitrogen and oxygen atoms in total. The first kappa shape index (κ1) is 27.7. The summed E-state index contributed by atoms with van der Waals surface area (Å²) in [6, 6.07) is 9.75. The Morgan fingerprint density at radius 1 is 1.10 bits per heavy atom. The molecule has 12 heteroatoms. The van der Waals surface area contributed by atoms with E-state index in [0.717, 1.165) is 16.5 Å². The van der Waals surface area contributed by atoms with Crippen molar-refractivity contribution < 1.29 is 78.6 Å². The number of hydrogen-bond acceptors (Lipinski definition) is 8. The van der Waals surface area contributed by atoms with Gasteiger partial charge in [0, 0.05) is 37.9 Å². The van der Waals surface area contributed by atoms with Crippen LogP contribution >= 0.6 is 7.60 Å². The van der Waals surface area contributed by atoms with Crippen molar-refractivity contribution in [1.29, 1.82) is 0 Å². The number of benzene rings is 1. The first-order valence-corrected chi connectivity index (χ1v) is 10.6. The second-order valence-electron chi connectivity index (χ2n) is 6.46. The van der Waals surface area contributed by atoms with Crippen LogP contribution in [0.15, 0.2) is 42.9 Å². The van der Waals surface area contributed by atoms with Gasteiger partial charge in [-0.2, -0.15) is 0 Å². The molecule has 150 valence electrons. The van der Waals surface area contributed by atoms with Crippen LogP contribution in [0.2, 0.25) is 0 Å². The van der Waals surface area contributed by atoms with E-state index in [1.54, 1.807) is 4.90 Å². The Morgan fingerprint density at radius 3 is 2.43 bits per heavy atom. The largest absolute Gasteiger partial charge is 1.00 e. The molecule has 0 saturated carbocycles. The molecule has 3 N–H and O–H groups in total. The Kier molecular flexibility index (Phi) is 11.7. The number of fused-ring (bicyclic) bond motifs is 1. The van der Waals surface area contributed by atoms with Crippen molar-refractivity contribution in [2.45, 2.75) is 6.54 Å². The van der Waals surface area contributed by atoms with Crippen molar-refractivity contribution in [3.8, 4) is 11.1 Å². The van der Waals surface area contributed by atoms with Gasteiger partial charge in [0.25, 0.3) is 0 Å². The Hall–Kier alpha value is -0.290. The SMILES string of the molecule is Nc1ncnc2c1c(-c1ccccc1)cn2CCN(CCO)CCP(=O)([O-])[O-].[Na+].[Na+].